The molecule has 3 nitrogen and oxygen atoms in total. The van der Waals surface area contributed by atoms with Crippen LogP contribution in [-0.2, 0) is 4.79 Å². The zero-order chi connectivity index (χ0) is 11.5. The lowest BCUT2D eigenvalue weighted by Crippen LogP contribution is -2.61. The highest BCUT2D eigenvalue weighted by Gasteiger charge is 2.44. The first kappa shape index (κ1) is 12.7. The summed E-state index contributed by atoms with van der Waals surface area (Å²) < 4.78 is 0. The van der Waals surface area contributed by atoms with Crippen LogP contribution in [0.15, 0.2) is 0 Å². The van der Waals surface area contributed by atoms with E-state index in [-0.39, 0.29) is 11.6 Å². The van der Waals surface area contributed by atoms with Crippen molar-refractivity contribution in [3.8, 4) is 0 Å². The van der Waals surface area contributed by atoms with Crippen LogP contribution in [0.2, 0.25) is 0 Å². The summed E-state index contributed by atoms with van der Waals surface area (Å²) in [6.07, 6.45) is 4.55. The van der Waals surface area contributed by atoms with Gasteiger partial charge in [-0.25, -0.2) is 0 Å². The van der Waals surface area contributed by atoms with Crippen molar-refractivity contribution in [1.82, 2.24) is 10.6 Å². The van der Waals surface area contributed by atoms with Gasteiger partial charge in [-0.15, -0.1) is 0 Å². The Kier molecular flexibility index (Phi) is 4.29. The highest BCUT2D eigenvalue weighted by atomic mass is 16.1. The van der Waals surface area contributed by atoms with Gasteiger partial charge in [-0.2, -0.15) is 0 Å². The maximum absolute atomic E-state index is 12.4. The fraction of sp³-hybridized carbons (Fsp3) is 0.917. The zero-order valence-corrected chi connectivity index (χ0v) is 10.4. The molecule has 0 aliphatic heterocycles. The van der Waals surface area contributed by atoms with Crippen LogP contribution >= 0.6 is 0 Å². The van der Waals surface area contributed by atoms with Gasteiger partial charge in [-0.1, -0.05) is 19.8 Å². The van der Waals surface area contributed by atoms with Crippen molar-refractivity contribution >= 4 is 5.78 Å². The number of Topliss-reactive ketones (excluding diaryl/α,β-unsaturated/α-hetero) is 1. The minimum atomic E-state index is -0.291. The maximum atomic E-state index is 12.4. The molecule has 3 atom stereocenters. The van der Waals surface area contributed by atoms with Gasteiger partial charge in [0.15, 0.2) is 5.78 Å². The van der Waals surface area contributed by atoms with E-state index in [0.717, 1.165) is 19.3 Å². The molecule has 3 heteroatoms. The monoisotopic (exact) mass is 212 g/mol. The molecule has 1 rings (SSSR count). The van der Waals surface area contributed by atoms with E-state index in [9.17, 15) is 4.79 Å². The number of nitrogens with one attached hydrogen (secondary N) is 2. The zero-order valence-electron chi connectivity index (χ0n) is 10.4. The Bertz CT molecular complexity index is 230. The van der Waals surface area contributed by atoms with E-state index in [2.05, 4.69) is 17.6 Å². The molecule has 1 fully saturated rings. The van der Waals surface area contributed by atoms with Gasteiger partial charge in [0, 0.05) is 0 Å². The molecule has 0 saturated heterocycles. The third-order valence-electron chi connectivity index (χ3n) is 4.01. The number of likely N-dealkylation sites (N-methyl/N-ethyl adjacent to an activating group) is 2. The molecule has 0 spiro atoms. The molecule has 1 aliphatic carbocycles. The topological polar surface area (TPSA) is 41.1 Å². The Balaban J connectivity index is 2.86. The highest BCUT2D eigenvalue weighted by molar-refractivity contribution is 5.93. The molecule has 0 heterocycles. The SMILES string of the molecule is CN[C@@H](C)C(=O)C1(NC)CCCC[C@@H]1C. The van der Waals surface area contributed by atoms with Crippen LogP contribution in [0.4, 0.5) is 0 Å². The fourth-order valence-corrected chi connectivity index (χ4v) is 2.73. The van der Waals surface area contributed by atoms with Crippen molar-refractivity contribution in [2.75, 3.05) is 14.1 Å². The van der Waals surface area contributed by atoms with Gasteiger partial charge in [-0.05, 0) is 39.8 Å². The van der Waals surface area contributed by atoms with Gasteiger partial charge in [-0.3, -0.25) is 4.79 Å². The summed E-state index contributed by atoms with van der Waals surface area (Å²) in [5.41, 5.74) is -0.291. The van der Waals surface area contributed by atoms with Crippen LogP contribution in [0, 0.1) is 5.92 Å². The standard InChI is InChI=1S/C12H24N2O/c1-9-7-5-6-8-12(9,14-4)11(15)10(2)13-3/h9-10,13-14H,5-8H2,1-4H3/t9-,10-,12?/m0/s1. The first-order chi connectivity index (χ1) is 7.08. The second-order valence-electron chi connectivity index (χ2n) is 4.74. The molecular weight excluding hydrogens is 188 g/mol. The maximum Gasteiger partial charge on any atom is 0.169 e. The normalized spacial score (nSPS) is 33.7. The van der Waals surface area contributed by atoms with Crippen molar-refractivity contribution in [3.63, 3.8) is 0 Å². The summed E-state index contributed by atoms with van der Waals surface area (Å²) in [5, 5.41) is 6.34. The van der Waals surface area contributed by atoms with Crippen LogP contribution in [0.1, 0.15) is 39.5 Å². The smallest absolute Gasteiger partial charge is 0.169 e. The highest BCUT2D eigenvalue weighted by Crippen LogP contribution is 2.34. The third-order valence-corrected chi connectivity index (χ3v) is 4.01. The van der Waals surface area contributed by atoms with E-state index in [0.29, 0.717) is 11.7 Å². The summed E-state index contributed by atoms with van der Waals surface area (Å²) in [6.45, 7) is 4.14. The van der Waals surface area contributed by atoms with Crippen LogP contribution in [0.3, 0.4) is 0 Å². The van der Waals surface area contributed by atoms with Crippen molar-refractivity contribution in [2.24, 2.45) is 5.92 Å². The lowest BCUT2D eigenvalue weighted by molar-refractivity contribution is -0.130. The molecule has 1 unspecified atom stereocenters. The van der Waals surface area contributed by atoms with Crippen LogP contribution in [0.25, 0.3) is 0 Å². The van der Waals surface area contributed by atoms with Crippen LogP contribution in [-0.4, -0.2) is 31.5 Å². The molecule has 88 valence electrons. The van der Waals surface area contributed by atoms with Crippen molar-refractivity contribution in [3.05, 3.63) is 0 Å². The molecule has 1 aliphatic rings. The lowest BCUT2D eigenvalue weighted by atomic mass is 9.70. The summed E-state index contributed by atoms with van der Waals surface area (Å²) >= 11 is 0. The van der Waals surface area contributed by atoms with Gasteiger partial charge < -0.3 is 10.6 Å². The molecule has 0 radical (unpaired) electrons. The fourth-order valence-electron chi connectivity index (χ4n) is 2.73. The van der Waals surface area contributed by atoms with E-state index in [4.69, 9.17) is 0 Å². The van der Waals surface area contributed by atoms with Crippen LogP contribution < -0.4 is 10.6 Å². The number of hydrogen-bond donors (Lipinski definition) is 2. The van der Waals surface area contributed by atoms with Gasteiger partial charge in [0.2, 0.25) is 0 Å². The molecule has 0 aromatic heterocycles. The summed E-state index contributed by atoms with van der Waals surface area (Å²) in [7, 11) is 3.77. The summed E-state index contributed by atoms with van der Waals surface area (Å²) in [5.74, 6) is 0.763. The van der Waals surface area contributed by atoms with E-state index in [1.807, 2.05) is 21.0 Å². The van der Waals surface area contributed by atoms with Gasteiger partial charge in [0.25, 0.3) is 0 Å². The van der Waals surface area contributed by atoms with Gasteiger partial charge in [0.1, 0.15) is 0 Å². The Morgan fingerprint density at radius 1 is 1.40 bits per heavy atom. The first-order valence-electron chi connectivity index (χ1n) is 5.99. The molecule has 15 heavy (non-hydrogen) atoms. The number of carbonyl (C=O) groups is 1. The average molecular weight is 212 g/mol. The molecule has 1 saturated carbocycles. The molecule has 0 aromatic carbocycles. The van der Waals surface area contributed by atoms with Crippen molar-refractivity contribution < 1.29 is 4.79 Å². The Labute approximate surface area is 93.0 Å². The predicted octanol–water partition coefficient (Wildman–Crippen LogP) is 1.33. The van der Waals surface area contributed by atoms with Gasteiger partial charge in [0.05, 0.1) is 11.6 Å². The quantitative estimate of drug-likeness (QED) is 0.738. The average Bonchev–Trinajstić information content (AvgIpc) is 2.28. The van der Waals surface area contributed by atoms with E-state index < -0.39 is 0 Å². The minimum absolute atomic E-state index is 0.0574. The minimum Gasteiger partial charge on any atom is -0.311 e. The largest absolute Gasteiger partial charge is 0.311 e. The second-order valence-corrected chi connectivity index (χ2v) is 4.74. The first-order valence-corrected chi connectivity index (χ1v) is 5.99. The number of carbonyl (C=O) groups excluding carboxylic acids is 1. The molecular formula is C12H24N2O. The van der Waals surface area contributed by atoms with E-state index in [1.54, 1.807) is 0 Å². The van der Waals surface area contributed by atoms with Crippen LogP contribution in [0.5, 0.6) is 0 Å². The second kappa shape index (κ2) is 5.08. The molecule has 0 aromatic rings. The Morgan fingerprint density at radius 2 is 2.07 bits per heavy atom. The Morgan fingerprint density at radius 3 is 2.53 bits per heavy atom. The molecule has 2 N–H and O–H groups in total. The van der Waals surface area contributed by atoms with Crippen molar-refractivity contribution in [1.29, 1.82) is 0 Å². The molecule has 0 bridgehead atoms. The summed E-state index contributed by atoms with van der Waals surface area (Å²) in [6, 6.07) is -0.0574. The molecule has 0 amide bonds. The van der Waals surface area contributed by atoms with Crippen molar-refractivity contribution in [2.45, 2.75) is 51.1 Å². The Hall–Kier alpha value is -0.410. The van der Waals surface area contributed by atoms with E-state index in [1.165, 1.54) is 6.42 Å². The summed E-state index contributed by atoms with van der Waals surface area (Å²) in [4.78, 5) is 12.4. The number of hydrogen-bond acceptors (Lipinski definition) is 3. The van der Waals surface area contributed by atoms with Gasteiger partial charge >= 0.3 is 0 Å². The predicted molar refractivity (Wildman–Crippen MR) is 63.0 cm³/mol. The lowest BCUT2D eigenvalue weighted by Gasteiger charge is -2.42. The third kappa shape index (κ3) is 2.23. The van der Waals surface area contributed by atoms with E-state index >= 15 is 0 Å². The number of rotatable bonds is 4. The number of ketones is 1.